The summed E-state index contributed by atoms with van der Waals surface area (Å²) in [5.41, 5.74) is 1.47. The number of anilines is 1. The Labute approximate surface area is 145 Å². The summed E-state index contributed by atoms with van der Waals surface area (Å²) in [6, 6.07) is 14.5. The number of carbonyl (C=O) groups excluding carboxylic acids is 2. The molecule has 0 spiro atoms. The summed E-state index contributed by atoms with van der Waals surface area (Å²) in [4.78, 5) is 27.1. The van der Waals surface area contributed by atoms with Gasteiger partial charge in [0.2, 0.25) is 5.91 Å². The Hall–Kier alpha value is -3.47. The first-order chi connectivity index (χ1) is 12.1. The van der Waals surface area contributed by atoms with Crippen molar-refractivity contribution in [3.8, 4) is 5.75 Å². The van der Waals surface area contributed by atoms with Crippen LogP contribution in [0.3, 0.4) is 0 Å². The van der Waals surface area contributed by atoms with Crippen molar-refractivity contribution in [3.63, 3.8) is 0 Å². The van der Waals surface area contributed by atoms with Crippen LogP contribution < -0.4 is 10.1 Å². The van der Waals surface area contributed by atoms with Gasteiger partial charge in [0.05, 0.1) is 0 Å². The summed E-state index contributed by atoms with van der Waals surface area (Å²) in [6.07, 6.45) is 6.58. The first-order valence-corrected chi connectivity index (χ1v) is 7.71. The second kappa shape index (κ2) is 7.40. The zero-order valence-corrected chi connectivity index (χ0v) is 13.6. The molecular weight excluding hydrogens is 316 g/mol. The largest absolute Gasteiger partial charge is 0.427 e. The predicted octanol–water partition coefficient (Wildman–Crippen LogP) is 3.81. The number of ether oxygens (including phenoxy) is 1. The molecule has 25 heavy (non-hydrogen) atoms. The van der Waals surface area contributed by atoms with Gasteiger partial charge in [0.15, 0.2) is 0 Å². The molecule has 1 heterocycles. The van der Waals surface area contributed by atoms with Crippen molar-refractivity contribution >= 4 is 34.4 Å². The second-order valence-electron chi connectivity index (χ2n) is 5.43. The van der Waals surface area contributed by atoms with E-state index in [2.05, 4.69) is 10.3 Å². The van der Waals surface area contributed by atoms with Crippen LogP contribution in [0.25, 0.3) is 16.8 Å². The fourth-order valence-corrected chi connectivity index (χ4v) is 2.36. The van der Waals surface area contributed by atoms with E-state index >= 15 is 0 Å². The van der Waals surface area contributed by atoms with Crippen LogP contribution in [0.15, 0.2) is 67.0 Å². The summed E-state index contributed by atoms with van der Waals surface area (Å²) < 4.78 is 5.02. The molecule has 0 aliphatic rings. The molecule has 0 aliphatic carbocycles. The number of nitrogens with one attached hydrogen (secondary N) is 1. The second-order valence-corrected chi connectivity index (χ2v) is 5.43. The van der Waals surface area contributed by atoms with Crippen LogP contribution in [0.5, 0.6) is 5.75 Å². The maximum Gasteiger partial charge on any atom is 0.308 e. The molecule has 0 saturated carbocycles. The lowest BCUT2D eigenvalue weighted by Crippen LogP contribution is -2.07. The lowest BCUT2D eigenvalue weighted by molar-refractivity contribution is -0.131. The Morgan fingerprint density at radius 3 is 2.80 bits per heavy atom. The Balaban J connectivity index is 1.68. The number of aromatic nitrogens is 1. The van der Waals surface area contributed by atoms with Gasteiger partial charge in [-0.2, -0.15) is 0 Å². The minimum absolute atomic E-state index is 0.244. The molecular formula is C20H16N2O3. The van der Waals surface area contributed by atoms with E-state index in [4.69, 9.17) is 4.74 Å². The number of benzene rings is 2. The normalized spacial score (nSPS) is 10.8. The average molecular weight is 332 g/mol. The van der Waals surface area contributed by atoms with Crippen LogP contribution in [-0.4, -0.2) is 16.9 Å². The topological polar surface area (TPSA) is 68.3 Å². The third kappa shape index (κ3) is 4.51. The highest BCUT2D eigenvalue weighted by Crippen LogP contribution is 2.18. The van der Waals surface area contributed by atoms with Crippen LogP contribution in [0, 0.1) is 0 Å². The molecule has 0 aliphatic heterocycles. The van der Waals surface area contributed by atoms with Gasteiger partial charge < -0.3 is 10.1 Å². The summed E-state index contributed by atoms with van der Waals surface area (Å²) in [5.74, 6) is -0.185. The van der Waals surface area contributed by atoms with E-state index in [0.29, 0.717) is 11.4 Å². The van der Waals surface area contributed by atoms with Gasteiger partial charge in [-0.1, -0.05) is 18.2 Å². The van der Waals surface area contributed by atoms with Gasteiger partial charge in [0.1, 0.15) is 5.75 Å². The molecule has 0 saturated heterocycles. The Morgan fingerprint density at radius 1 is 1.08 bits per heavy atom. The molecule has 5 heteroatoms. The minimum atomic E-state index is -0.384. The van der Waals surface area contributed by atoms with E-state index in [0.717, 1.165) is 16.3 Å². The molecule has 5 nitrogen and oxygen atoms in total. The third-order valence-corrected chi connectivity index (χ3v) is 3.45. The van der Waals surface area contributed by atoms with E-state index < -0.39 is 0 Å². The molecule has 0 atom stereocenters. The molecule has 0 radical (unpaired) electrons. The number of hydrogen-bond donors (Lipinski definition) is 1. The van der Waals surface area contributed by atoms with Crippen molar-refractivity contribution in [2.75, 3.05) is 5.32 Å². The van der Waals surface area contributed by atoms with E-state index in [1.807, 2.05) is 30.3 Å². The van der Waals surface area contributed by atoms with Crippen molar-refractivity contribution < 1.29 is 14.3 Å². The fourth-order valence-electron chi connectivity index (χ4n) is 2.36. The zero-order chi connectivity index (χ0) is 17.6. The van der Waals surface area contributed by atoms with Crippen molar-refractivity contribution in [1.82, 2.24) is 4.98 Å². The van der Waals surface area contributed by atoms with Crippen LogP contribution >= 0.6 is 0 Å². The summed E-state index contributed by atoms with van der Waals surface area (Å²) in [6.45, 7) is 1.34. The molecule has 0 fully saturated rings. The number of carbonyl (C=O) groups is 2. The number of esters is 1. The third-order valence-electron chi connectivity index (χ3n) is 3.45. The standard InChI is InChI=1S/C20H16N2O3/c1-14(23)25-19-4-2-3-15(11-19)5-8-20(24)22-18-7-6-17-13-21-10-9-16(17)12-18/h2-13H,1H3,(H,22,24)/b8-5+. The number of fused-ring (bicyclic) bond motifs is 1. The highest BCUT2D eigenvalue weighted by atomic mass is 16.5. The molecule has 1 amide bonds. The van der Waals surface area contributed by atoms with Gasteiger partial charge in [0, 0.05) is 36.5 Å². The van der Waals surface area contributed by atoms with Crippen molar-refractivity contribution in [2.45, 2.75) is 6.92 Å². The molecule has 1 aromatic heterocycles. The first kappa shape index (κ1) is 16.4. The van der Waals surface area contributed by atoms with E-state index in [1.165, 1.54) is 13.0 Å². The number of hydrogen-bond acceptors (Lipinski definition) is 4. The van der Waals surface area contributed by atoms with Gasteiger partial charge in [0.25, 0.3) is 0 Å². The number of rotatable bonds is 4. The van der Waals surface area contributed by atoms with Crippen LogP contribution in [0.2, 0.25) is 0 Å². The predicted molar refractivity (Wildman–Crippen MR) is 97.2 cm³/mol. The first-order valence-electron chi connectivity index (χ1n) is 7.71. The van der Waals surface area contributed by atoms with Gasteiger partial charge in [-0.05, 0) is 47.4 Å². The molecule has 1 N–H and O–H groups in total. The molecule has 0 bridgehead atoms. The van der Waals surface area contributed by atoms with Crippen molar-refractivity contribution in [1.29, 1.82) is 0 Å². The van der Waals surface area contributed by atoms with Crippen LogP contribution in [-0.2, 0) is 9.59 Å². The smallest absolute Gasteiger partial charge is 0.308 e. The molecule has 124 valence electrons. The quantitative estimate of drug-likeness (QED) is 0.448. The molecule has 0 unspecified atom stereocenters. The Bertz CT molecular complexity index is 964. The van der Waals surface area contributed by atoms with Gasteiger partial charge in [-0.15, -0.1) is 0 Å². The highest BCUT2D eigenvalue weighted by molar-refractivity contribution is 6.03. The van der Waals surface area contributed by atoms with E-state index in [-0.39, 0.29) is 11.9 Å². The number of amides is 1. The molecule has 2 aromatic carbocycles. The monoisotopic (exact) mass is 332 g/mol. The summed E-state index contributed by atoms with van der Waals surface area (Å²) in [5, 5.41) is 4.84. The van der Waals surface area contributed by atoms with Crippen molar-refractivity contribution in [3.05, 3.63) is 72.6 Å². The van der Waals surface area contributed by atoms with Gasteiger partial charge in [-0.3, -0.25) is 14.6 Å². The van der Waals surface area contributed by atoms with Crippen LogP contribution in [0.1, 0.15) is 12.5 Å². The maximum atomic E-state index is 12.1. The average Bonchev–Trinajstić information content (AvgIpc) is 2.60. The number of pyridine rings is 1. The molecule has 3 rings (SSSR count). The summed E-state index contributed by atoms with van der Waals surface area (Å²) >= 11 is 0. The lowest BCUT2D eigenvalue weighted by Gasteiger charge is -2.04. The fraction of sp³-hybridized carbons (Fsp3) is 0.0500. The summed E-state index contributed by atoms with van der Waals surface area (Å²) in [7, 11) is 0. The van der Waals surface area contributed by atoms with E-state index in [9.17, 15) is 9.59 Å². The highest BCUT2D eigenvalue weighted by Gasteiger charge is 2.01. The number of nitrogens with zero attached hydrogens (tertiary/aromatic N) is 1. The van der Waals surface area contributed by atoms with Crippen molar-refractivity contribution in [2.24, 2.45) is 0 Å². The maximum absolute atomic E-state index is 12.1. The molecule has 3 aromatic rings. The zero-order valence-electron chi connectivity index (χ0n) is 13.6. The Kier molecular flexibility index (Phi) is 4.85. The Morgan fingerprint density at radius 2 is 1.96 bits per heavy atom. The lowest BCUT2D eigenvalue weighted by atomic mass is 10.1. The minimum Gasteiger partial charge on any atom is -0.427 e. The SMILES string of the molecule is CC(=O)Oc1cccc(/C=C/C(=O)Nc2ccc3cnccc3c2)c1. The van der Waals surface area contributed by atoms with Gasteiger partial charge in [-0.25, -0.2) is 0 Å². The van der Waals surface area contributed by atoms with Gasteiger partial charge >= 0.3 is 5.97 Å². The van der Waals surface area contributed by atoms with Crippen LogP contribution in [0.4, 0.5) is 5.69 Å². The van der Waals surface area contributed by atoms with E-state index in [1.54, 1.807) is 36.7 Å².